The van der Waals surface area contributed by atoms with Gasteiger partial charge in [0.05, 0.1) is 0 Å². The van der Waals surface area contributed by atoms with Crippen LogP contribution < -0.4 is 5.73 Å². The summed E-state index contributed by atoms with van der Waals surface area (Å²) < 4.78 is 0. The molecule has 1 unspecified atom stereocenters. The predicted molar refractivity (Wildman–Crippen MR) is 29.2 cm³/mol. The normalized spacial score (nSPS) is 12.6. The van der Waals surface area contributed by atoms with Crippen molar-refractivity contribution in [3.63, 3.8) is 0 Å². The Kier molecular flexibility index (Phi) is 2.27. The van der Waals surface area contributed by atoms with Crippen molar-refractivity contribution in [2.75, 3.05) is 0 Å². The number of nitrogens with one attached hydrogen (secondary N) is 1. The number of carboxylic acids is 1. The van der Waals surface area contributed by atoms with Crippen LogP contribution in [0.1, 0.15) is 0 Å². The van der Waals surface area contributed by atoms with Crippen molar-refractivity contribution in [1.29, 1.82) is 5.41 Å². The minimum absolute atomic E-state index is 0.542. The molecule has 0 saturated carbocycles. The molecule has 0 saturated heterocycles. The monoisotopic (exact) mass is 136 g/mol. The average Bonchev–Trinajstić information content (AvgIpc) is 1.64. The highest BCUT2D eigenvalue weighted by Crippen LogP contribution is 1.92. The predicted octanol–water partition coefficient (Wildman–Crippen LogP) is -0.386. The molecule has 0 fully saturated rings. The summed E-state index contributed by atoms with van der Waals surface area (Å²) in [6, 6.07) is 0. The van der Waals surface area contributed by atoms with E-state index in [0.29, 0.717) is 0 Å². The molecule has 0 amide bonds. The van der Waals surface area contributed by atoms with E-state index in [2.05, 4.69) is 0 Å². The van der Waals surface area contributed by atoms with Crippen LogP contribution in [-0.4, -0.2) is 22.3 Å². The summed E-state index contributed by atoms with van der Waals surface area (Å²) >= 11 is 5.00. The Hall–Kier alpha value is -0.770. The number of amidine groups is 1. The Labute approximate surface area is 50.8 Å². The third-order valence-corrected chi connectivity index (χ3v) is 0.912. The number of nitrogens with two attached hydrogens (primary N) is 1. The minimum atomic E-state index is -1.38. The number of halogens is 1. The molecule has 46 valence electrons. The zero-order valence-electron chi connectivity index (χ0n) is 3.89. The fourth-order valence-electron chi connectivity index (χ4n) is 0.133. The van der Waals surface area contributed by atoms with Gasteiger partial charge in [0.25, 0.3) is 0 Å². The Bertz CT molecular complexity index is 110. The van der Waals surface area contributed by atoms with Crippen molar-refractivity contribution >= 4 is 23.4 Å². The van der Waals surface area contributed by atoms with Gasteiger partial charge in [0.15, 0.2) is 5.38 Å². The number of rotatable bonds is 2. The van der Waals surface area contributed by atoms with Gasteiger partial charge in [0.1, 0.15) is 5.84 Å². The standard InChI is InChI=1S/C3H5ClN2O2/c4-1(2(5)6)3(7)8/h1H,(H3,5,6)(H,7,8). The lowest BCUT2D eigenvalue weighted by atomic mass is 10.4. The number of carboxylic acid groups (broad SMARTS) is 1. The molecular weight excluding hydrogens is 131 g/mol. The molecule has 0 bridgehead atoms. The van der Waals surface area contributed by atoms with Crippen molar-refractivity contribution in [2.45, 2.75) is 5.38 Å². The Balaban J connectivity index is 3.83. The van der Waals surface area contributed by atoms with Crippen LogP contribution in [-0.2, 0) is 4.79 Å². The third kappa shape index (κ3) is 1.79. The van der Waals surface area contributed by atoms with E-state index in [4.69, 9.17) is 27.9 Å². The lowest BCUT2D eigenvalue weighted by Crippen LogP contribution is -2.29. The fourth-order valence-corrected chi connectivity index (χ4v) is 0.133. The lowest BCUT2D eigenvalue weighted by molar-refractivity contribution is -0.135. The Morgan fingerprint density at radius 1 is 1.88 bits per heavy atom. The van der Waals surface area contributed by atoms with Gasteiger partial charge in [0.2, 0.25) is 0 Å². The summed E-state index contributed by atoms with van der Waals surface area (Å²) in [5.41, 5.74) is 4.71. The van der Waals surface area contributed by atoms with E-state index in [0.717, 1.165) is 0 Å². The highest BCUT2D eigenvalue weighted by molar-refractivity contribution is 6.40. The van der Waals surface area contributed by atoms with E-state index in [1.165, 1.54) is 0 Å². The summed E-state index contributed by atoms with van der Waals surface area (Å²) in [4.78, 5) is 9.79. The first-order chi connectivity index (χ1) is 3.55. The van der Waals surface area contributed by atoms with E-state index < -0.39 is 17.2 Å². The molecule has 4 nitrogen and oxygen atoms in total. The molecule has 0 aliphatic carbocycles. The summed E-state index contributed by atoms with van der Waals surface area (Å²) in [6.07, 6.45) is 0. The van der Waals surface area contributed by atoms with Crippen LogP contribution in [0.2, 0.25) is 0 Å². The minimum Gasteiger partial charge on any atom is -0.480 e. The Morgan fingerprint density at radius 2 is 2.25 bits per heavy atom. The van der Waals surface area contributed by atoms with E-state index in [1.54, 1.807) is 0 Å². The lowest BCUT2D eigenvalue weighted by Gasteiger charge is -1.96. The summed E-state index contributed by atoms with van der Waals surface area (Å²) in [5.74, 6) is -1.83. The van der Waals surface area contributed by atoms with E-state index in [1.807, 2.05) is 0 Å². The van der Waals surface area contributed by atoms with Gasteiger partial charge in [-0.05, 0) is 0 Å². The number of hydrogen-bond donors (Lipinski definition) is 3. The number of hydrogen-bond acceptors (Lipinski definition) is 2. The van der Waals surface area contributed by atoms with E-state index in [9.17, 15) is 4.79 Å². The number of aliphatic carboxylic acids is 1. The van der Waals surface area contributed by atoms with Crippen LogP contribution in [0.5, 0.6) is 0 Å². The number of carbonyl (C=O) groups is 1. The van der Waals surface area contributed by atoms with Crippen LogP contribution in [0.15, 0.2) is 0 Å². The first kappa shape index (κ1) is 7.23. The SMILES string of the molecule is N=C(N)C(Cl)C(=O)O. The fraction of sp³-hybridized carbons (Fsp3) is 0.333. The van der Waals surface area contributed by atoms with Crippen molar-refractivity contribution in [2.24, 2.45) is 5.73 Å². The van der Waals surface area contributed by atoms with Gasteiger partial charge in [-0.25, -0.2) is 0 Å². The van der Waals surface area contributed by atoms with Crippen LogP contribution >= 0.6 is 11.6 Å². The molecule has 5 heteroatoms. The van der Waals surface area contributed by atoms with Crippen molar-refractivity contribution in [3.8, 4) is 0 Å². The molecule has 0 rings (SSSR count). The van der Waals surface area contributed by atoms with E-state index in [-0.39, 0.29) is 0 Å². The van der Waals surface area contributed by atoms with Gasteiger partial charge in [0, 0.05) is 0 Å². The highest BCUT2D eigenvalue weighted by Gasteiger charge is 2.15. The zero-order valence-corrected chi connectivity index (χ0v) is 4.64. The largest absolute Gasteiger partial charge is 0.480 e. The zero-order chi connectivity index (χ0) is 6.73. The molecule has 0 aromatic rings. The van der Waals surface area contributed by atoms with Crippen LogP contribution in [0, 0.1) is 5.41 Å². The molecule has 0 aromatic carbocycles. The molecule has 1 atom stereocenters. The molecule has 0 heterocycles. The van der Waals surface area contributed by atoms with Gasteiger partial charge in [-0.3, -0.25) is 10.2 Å². The molecule has 0 spiro atoms. The second-order valence-electron chi connectivity index (χ2n) is 1.16. The smallest absolute Gasteiger partial charge is 0.329 e. The number of alkyl halides is 1. The molecule has 8 heavy (non-hydrogen) atoms. The van der Waals surface area contributed by atoms with Crippen molar-refractivity contribution in [3.05, 3.63) is 0 Å². The van der Waals surface area contributed by atoms with Crippen LogP contribution in [0.3, 0.4) is 0 Å². The first-order valence-corrected chi connectivity index (χ1v) is 2.20. The maximum atomic E-state index is 9.79. The first-order valence-electron chi connectivity index (χ1n) is 1.76. The van der Waals surface area contributed by atoms with Crippen LogP contribution in [0.4, 0.5) is 0 Å². The quantitative estimate of drug-likeness (QED) is 0.275. The average molecular weight is 137 g/mol. The van der Waals surface area contributed by atoms with Gasteiger partial charge < -0.3 is 10.8 Å². The second kappa shape index (κ2) is 2.52. The highest BCUT2D eigenvalue weighted by atomic mass is 35.5. The van der Waals surface area contributed by atoms with Crippen molar-refractivity contribution < 1.29 is 9.90 Å². The topological polar surface area (TPSA) is 87.2 Å². The van der Waals surface area contributed by atoms with Gasteiger partial charge in [-0.1, -0.05) is 0 Å². The molecule has 0 aromatic heterocycles. The van der Waals surface area contributed by atoms with Gasteiger partial charge >= 0.3 is 5.97 Å². The van der Waals surface area contributed by atoms with Crippen molar-refractivity contribution in [1.82, 2.24) is 0 Å². The summed E-state index contributed by atoms with van der Waals surface area (Å²) in [7, 11) is 0. The maximum Gasteiger partial charge on any atom is 0.329 e. The molecule has 4 N–H and O–H groups in total. The summed E-state index contributed by atoms with van der Waals surface area (Å²) in [5, 5.41) is 13.1. The summed E-state index contributed by atoms with van der Waals surface area (Å²) in [6.45, 7) is 0. The maximum absolute atomic E-state index is 9.79. The van der Waals surface area contributed by atoms with Gasteiger partial charge in [-0.2, -0.15) is 0 Å². The second-order valence-corrected chi connectivity index (χ2v) is 1.59. The molecule has 0 aliphatic rings. The van der Waals surface area contributed by atoms with E-state index >= 15 is 0 Å². The Morgan fingerprint density at radius 3 is 2.25 bits per heavy atom. The molecular formula is C3H5ClN2O2. The molecule has 0 aliphatic heterocycles. The van der Waals surface area contributed by atoms with Gasteiger partial charge in [-0.15, -0.1) is 11.6 Å². The third-order valence-electron chi connectivity index (χ3n) is 0.490. The molecule has 0 radical (unpaired) electrons. The van der Waals surface area contributed by atoms with Crippen LogP contribution in [0.25, 0.3) is 0 Å².